The van der Waals surface area contributed by atoms with Crippen LogP contribution in [0.5, 0.6) is 5.75 Å². The molecule has 1 saturated heterocycles. The van der Waals surface area contributed by atoms with E-state index < -0.39 is 0 Å². The number of phenols is 1. The molecular weight excluding hydrogens is 276 g/mol. The Bertz CT molecular complexity index is 471. The number of carbonyl (C=O) groups is 1. The number of phenolic OH excluding ortho intramolecular Hbond substituents is 1. The van der Waals surface area contributed by atoms with Gasteiger partial charge in [-0.05, 0) is 57.3 Å². The molecule has 1 amide bonds. The van der Waals surface area contributed by atoms with Crippen molar-refractivity contribution in [2.75, 3.05) is 18.4 Å². The molecule has 1 aromatic rings. The molecular formula is C15H23ClN2O2. The molecule has 1 aliphatic heterocycles. The summed E-state index contributed by atoms with van der Waals surface area (Å²) in [5.41, 5.74) is 2.27. The first-order valence-electron chi connectivity index (χ1n) is 6.87. The number of anilines is 1. The first-order valence-corrected chi connectivity index (χ1v) is 6.87. The number of rotatable bonds is 3. The van der Waals surface area contributed by atoms with Gasteiger partial charge in [-0.25, -0.2) is 0 Å². The van der Waals surface area contributed by atoms with Gasteiger partial charge >= 0.3 is 0 Å². The van der Waals surface area contributed by atoms with Crippen molar-refractivity contribution < 1.29 is 9.90 Å². The Balaban J connectivity index is 0.00000200. The molecule has 2 rings (SSSR count). The van der Waals surface area contributed by atoms with Crippen molar-refractivity contribution >= 4 is 24.0 Å². The molecule has 0 aliphatic carbocycles. The van der Waals surface area contributed by atoms with Crippen LogP contribution in [-0.2, 0) is 4.79 Å². The minimum Gasteiger partial charge on any atom is -0.507 e. The van der Waals surface area contributed by atoms with Crippen LogP contribution in [0.15, 0.2) is 12.1 Å². The molecule has 0 spiro atoms. The predicted octanol–water partition coefficient (Wildman–Crippen LogP) is 2.76. The van der Waals surface area contributed by atoms with Crippen LogP contribution >= 0.6 is 12.4 Å². The van der Waals surface area contributed by atoms with Gasteiger partial charge in [-0.2, -0.15) is 0 Å². The zero-order valence-corrected chi connectivity index (χ0v) is 12.8. The van der Waals surface area contributed by atoms with Gasteiger partial charge < -0.3 is 15.7 Å². The highest BCUT2D eigenvalue weighted by molar-refractivity contribution is 5.92. The first kappa shape index (κ1) is 16.8. The van der Waals surface area contributed by atoms with Crippen LogP contribution in [-0.4, -0.2) is 24.1 Å². The van der Waals surface area contributed by atoms with Gasteiger partial charge in [-0.15, -0.1) is 12.4 Å². The summed E-state index contributed by atoms with van der Waals surface area (Å²) in [6.45, 7) is 5.68. The maximum Gasteiger partial charge on any atom is 0.224 e. The summed E-state index contributed by atoms with van der Waals surface area (Å²) in [6.07, 6.45) is 2.69. The van der Waals surface area contributed by atoms with Gasteiger partial charge in [0.1, 0.15) is 5.75 Å². The van der Waals surface area contributed by atoms with Crippen molar-refractivity contribution in [2.45, 2.75) is 33.1 Å². The molecule has 0 atom stereocenters. The minimum absolute atomic E-state index is 0. The molecule has 112 valence electrons. The van der Waals surface area contributed by atoms with Gasteiger partial charge in [0.25, 0.3) is 0 Å². The molecule has 0 aromatic heterocycles. The molecule has 4 nitrogen and oxygen atoms in total. The third-order valence-corrected chi connectivity index (χ3v) is 3.84. The van der Waals surface area contributed by atoms with Gasteiger partial charge in [-0.1, -0.05) is 6.07 Å². The predicted molar refractivity (Wildman–Crippen MR) is 83.7 cm³/mol. The number of hydrogen-bond acceptors (Lipinski definition) is 3. The second kappa shape index (κ2) is 7.50. The van der Waals surface area contributed by atoms with E-state index in [-0.39, 0.29) is 24.1 Å². The number of amides is 1. The Kier molecular flexibility index (Phi) is 6.30. The third kappa shape index (κ3) is 4.12. The largest absolute Gasteiger partial charge is 0.507 e. The van der Waals surface area contributed by atoms with Crippen molar-refractivity contribution in [1.82, 2.24) is 5.32 Å². The summed E-state index contributed by atoms with van der Waals surface area (Å²) in [7, 11) is 0. The standard InChI is InChI=1S/C15H22N2O2.ClH/c1-10-3-4-13(11(2)15(10)19)17-14(18)9-12-5-7-16-8-6-12;/h3-4,12,16,19H,5-9H2,1-2H3,(H,17,18);1H. The molecule has 20 heavy (non-hydrogen) atoms. The van der Waals surface area contributed by atoms with E-state index >= 15 is 0 Å². The molecule has 0 unspecified atom stereocenters. The molecule has 0 saturated carbocycles. The molecule has 5 heteroatoms. The summed E-state index contributed by atoms with van der Waals surface area (Å²) < 4.78 is 0. The second-order valence-corrected chi connectivity index (χ2v) is 5.35. The lowest BCUT2D eigenvalue weighted by molar-refractivity contribution is -0.117. The van der Waals surface area contributed by atoms with Gasteiger partial charge in [-0.3, -0.25) is 4.79 Å². The fourth-order valence-corrected chi connectivity index (χ4v) is 2.52. The number of aryl methyl sites for hydroxylation is 1. The summed E-state index contributed by atoms with van der Waals surface area (Å²) in [4.78, 5) is 12.0. The van der Waals surface area contributed by atoms with Gasteiger partial charge in [0.05, 0.1) is 0 Å². The molecule has 1 fully saturated rings. The zero-order chi connectivity index (χ0) is 13.8. The monoisotopic (exact) mass is 298 g/mol. The molecule has 3 N–H and O–H groups in total. The van der Waals surface area contributed by atoms with Gasteiger partial charge in [0.2, 0.25) is 5.91 Å². The van der Waals surface area contributed by atoms with Crippen LogP contribution in [0.4, 0.5) is 5.69 Å². The summed E-state index contributed by atoms with van der Waals surface area (Å²) >= 11 is 0. The van der Waals surface area contributed by atoms with Crippen molar-refractivity contribution in [3.05, 3.63) is 23.3 Å². The quantitative estimate of drug-likeness (QED) is 0.804. The Labute approximate surface area is 126 Å². The normalized spacial score (nSPS) is 15.5. The van der Waals surface area contributed by atoms with Crippen molar-refractivity contribution in [2.24, 2.45) is 5.92 Å². The smallest absolute Gasteiger partial charge is 0.224 e. The molecule has 0 bridgehead atoms. The Hall–Kier alpha value is -1.26. The van der Waals surface area contributed by atoms with E-state index in [1.807, 2.05) is 26.0 Å². The van der Waals surface area contributed by atoms with Crippen molar-refractivity contribution in [3.63, 3.8) is 0 Å². The van der Waals surface area contributed by atoms with E-state index in [0.29, 0.717) is 18.0 Å². The molecule has 1 aliphatic rings. The molecule has 1 aromatic carbocycles. The van der Waals surface area contributed by atoms with E-state index in [0.717, 1.165) is 37.1 Å². The van der Waals surface area contributed by atoms with E-state index in [1.165, 1.54) is 0 Å². The summed E-state index contributed by atoms with van der Waals surface area (Å²) in [6, 6.07) is 3.67. The fraction of sp³-hybridized carbons (Fsp3) is 0.533. The Morgan fingerprint density at radius 2 is 2.00 bits per heavy atom. The summed E-state index contributed by atoms with van der Waals surface area (Å²) in [5.74, 6) is 0.776. The van der Waals surface area contributed by atoms with E-state index in [4.69, 9.17) is 0 Å². The first-order chi connectivity index (χ1) is 9.08. The number of piperidine rings is 1. The Morgan fingerprint density at radius 1 is 1.35 bits per heavy atom. The number of aromatic hydroxyl groups is 1. The van der Waals surface area contributed by atoms with Crippen LogP contribution in [0, 0.1) is 19.8 Å². The summed E-state index contributed by atoms with van der Waals surface area (Å²) in [5, 5.41) is 16.1. The fourth-order valence-electron chi connectivity index (χ4n) is 2.52. The topological polar surface area (TPSA) is 61.4 Å². The highest BCUT2D eigenvalue weighted by atomic mass is 35.5. The number of benzene rings is 1. The lowest BCUT2D eigenvalue weighted by atomic mass is 9.94. The van der Waals surface area contributed by atoms with Crippen LogP contribution < -0.4 is 10.6 Å². The SMILES string of the molecule is Cc1ccc(NC(=O)CC2CCNCC2)c(C)c1O.Cl. The number of hydrogen-bond donors (Lipinski definition) is 3. The van der Waals surface area contributed by atoms with E-state index in [9.17, 15) is 9.90 Å². The van der Waals surface area contributed by atoms with Gasteiger partial charge in [0, 0.05) is 17.7 Å². The van der Waals surface area contributed by atoms with Gasteiger partial charge in [0.15, 0.2) is 0 Å². The van der Waals surface area contributed by atoms with Crippen LogP contribution in [0.1, 0.15) is 30.4 Å². The number of nitrogens with one attached hydrogen (secondary N) is 2. The Morgan fingerprint density at radius 3 is 2.65 bits per heavy atom. The maximum atomic E-state index is 12.0. The van der Waals surface area contributed by atoms with E-state index in [2.05, 4.69) is 10.6 Å². The molecule has 0 radical (unpaired) electrons. The second-order valence-electron chi connectivity index (χ2n) is 5.35. The zero-order valence-electron chi connectivity index (χ0n) is 12.0. The minimum atomic E-state index is 0. The lowest BCUT2D eigenvalue weighted by Crippen LogP contribution is -2.30. The van der Waals surface area contributed by atoms with Crippen LogP contribution in [0.25, 0.3) is 0 Å². The average molecular weight is 299 g/mol. The highest BCUT2D eigenvalue weighted by Crippen LogP contribution is 2.28. The van der Waals surface area contributed by atoms with E-state index in [1.54, 1.807) is 0 Å². The van der Waals surface area contributed by atoms with Crippen molar-refractivity contribution in [3.8, 4) is 5.75 Å². The molecule has 1 heterocycles. The third-order valence-electron chi connectivity index (χ3n) is 3.84. The highest BCUT2D eigenvalue weighted by Gasteiger charge is 2.17. The number of halogens is 1. The van der Waals surface area contributed by atoms with Crippen LogP contribution in [0.3, 0.4) is 0 Å². The van der Waals surface area contributed by atoms with Crippen LogP contribution in [0.2, 0.25) is 0 Å². The lowest BCUT2D eigenvalue weighted by Gasteiger charge is -2.22. The average Bonchev–Trinajstić information content (AvgIpc) is 2.41. The number of carbonyl (C=O) groups excluding carboxylic acids is 1. The van der Waals surface area contributed by atoms with Crippen molar-refractivity contribution in [1.29, 1.82) is 0 Å². The maximum absolute atomic E-state index is 12.0.